The van der Waals surface area contributed by atoms with Crippen molar-refractivity contribution in [3.05, 3.63) is 47.1 Å². The van der Waals surface area contributed by atoms with E-state index in [4.69, 9.17) is 9.47 Å². The Morgan fingerprint density at radius 2 is 2.02 bits per heavy atom. The van der Waals surface area contributed by atoms with Gasteiger partial charge in [0.05, 0.1) is 24.5 Å². The van der Waals surface area contributed by atoms with E-state index in [1.54, 1.807) is 7.11 Å². The number of methoxy groups -OCH3 is 1. The third-order valence-electron chi connectivity index (χ3n) is 9.66. The topological polar surface area (TPSA) is 71.2 Å². The number of amides is 2. The molecule has 2 amide bonds. The van der Waals surface area contributed by atoms with Crippen LogP contribution in [0.15, 0.2) is 35.9 Å². The zero-order valence-electron chi connectivity index (χ0n) is 26.4. The summed E-state index contributed by atoms with van der Waals surface area (Å²) in [6.45, 7) is 10.9. The summed E-state index contributed by atoms with van der Waals surface area (Å²) >= 11 is 0. The molecule has 1 saturated heterocycles. The van der Waals surface area contributed by atoms with Crippen LogP contribution in [-0.2, 0) is 20.7 Å². The number of fused-ring (bicyclic) bond motifs is 3. The number of anilines is 1. The first-order valence-corrected chi connectivity index (χ1v) is 15.8. The number of hydrogen-bond donors (Lipinski definition) is 1. The summed E-state index contributed by atoms with van der Waals surface area (Å²) in [5.41, 5.74) is 4.12. The molecule has 6 heteroatoms. The minimum Gasteiger partial charge on any atom is -0.496 e. The Labute approximate surface area is 247 Å². The maximum absolute atomic E-state index is 13.6. The summed E-state index contributed by atoms with van der Waals surface area (Å²) in [7, 11) is 3.62. The highest BCUT2D eigenvalue weighted by molar-refractivity contribution is 5.94. The number of ether oxygens (including phenoxy) is 2. The average molecular weight is 565 g/mol. The van der Waals surface area contributed by atoms with E-state index in [-0.39, 0.29) is 41.4 Å². The van der Waals surface area contributed by atoms with Crippen molar-refractivity contribution in [3.63, 3.8) is 0 Å². The summed E-state index contributed by atoms with van der Waals surface area (Å²) < 4.78 is 12.1. The van der Waals surface area contributed by atoms with E-state index in [1.165, 1.54) is 5.57 Å². The van der Waals surface area contributed by atoms with Gasteiger partial charge in [-0.3, -0.25) is 9.59 Å². The lowest BCUT2D eigenvalue weighted by Gasteiger charge is -2.28. The SMILES string of the molecule is CCC(C)c1c(OC)cc2cc1N(C)C(=O)CCC1(C)OC1CC(C)CC(NC(=O)C1CCC1)C/C=C/C=C(\C)C2. The van der Waals surface area contributed by atoms with E-state index in [1.807, 2.05) is 11.9 Å². The quantitative estimate of drug-likeness (QED) is 0.382. The number of nitrogens with one attached hydrogen (secondary N) is 1. The molecule has 5 atom stereocenters. The lowest BCUT2D eigenvalue weighted by Crippen LogP contribution is -2.41. The smallest absolute Gasteiger partial charge is 0.226 e. The molecule has 226 valence electrons. The maximum Gasteiger partial charge on any atom is 0.226 e. The zero-order valence-corrected chi connectivity index (χ0v) is 26.4. The van der Waals surface area contributed by atoms with Crippen LogP contribution in [0.5, 0.6) is 5.75 Å². The number of epoxide rings is 1. The molecule has 3 aliphatic rings. The first-order valence-electron chi connectivity index (χ1n) is 15.8. The summed E-state index contributed by atoms with van der Waals surface area (Å²) in [5.74, 6) is 2.02. The number of benzene rings is 1. The van der Waals surface area contributed by atoms with Gasteiger partial charge in [0.25, 0.3) is 0 Å². The Hall–Kier alpha value is -2.60. The van der Waals surface area contributed by atoms with Crippen LogP contribution >= 0.6 is 0 Å². The normalized spacial score (nSPS) is 30.8. The van der Waals surface area contributed by atoms with Crippen LogP contribution in [0.4, 0.5) is 5.69 Å². The number of carbonyl (C=O) groups excluding carboxylic acids is 2. The molecule has 0 aromatic heterocycles. The second-order valence-corrected chi connectivity index (χ2v) is 13.2. The van der Waals surface area contributed by atoms with Gasteiger partial charge in [-0.15, -0.1) is 0 Å². The van der Waals surface area contributed by atoms with Crippen LogP contribution in [0, 0.1) is 11.8 Å². The van der Waals surface area contributed by atoms with E-state index < -0.39 is 0 Å². The molecule has 41 heavy (non-hydrogen) atoms. The molecule has 4 rings (SSSR count). The molecule has 0 spiro atoms. The van der Waals surface area contributed by atoms with Crippen LogP contribution in [-0.4, -0.2) is 43.7 Å². The highest BCUT2D eigenvalue weighted by Gasteiger charge is 2.52. The zero-order chi connectivity index (χ0) is 29.7. The molecule has 2 bridgehead atoms. The minimum atomic E-state index is -0.266. The fourth-order valence-electron chi connectivity index (χ4n) is 6.39. The van der Waals surface area contributed by atoms with Gasteiger partial charge in [-0.1, -0.05) is 51.0 Å². The lowest BCUT2D eigenvalue weighted by molar-refractivity contribution is -0.128. The van der Waals surface area contributed by atoms with Crippen molar-refractivity contribution in [2.24, 2.45) is 11.8 Å². The van der Waals surface area contributed by atoms with Crippen LogP contribution in [0.2, 0.25) is 0 Å². The van der Waals surface area contributed by atoms with Crippen molar-refractivity contribution in [1.82, 2.24) is 5.32 Å². The van der Waals surface area contributed by atoms with Gasteiger partial charge in [-0.2, -0.15) is 0 Å². The first kappa shape index (κ1) is 31.3. The van der Waals surface area contributed by atoms with Crippen molar-refractivity contribution < 1.29 is 19.1 Å². The summed E-state index contributed by atoms with van der Waals surface area (Å²) in [4.78, 5) is 28.2. The van der Waals surface area contributed by atoms with Gasteiger partial charge >= 0.3 is 0 Å². The van der Waals surface area contributed by atoms with Gasteiger partial charge in [0.1, 0.15) is 5.75 Å². The monoisotopic (exact) mass is 564 g/mol. The van der Waals surface area contributed by atoms with Crippen LogP contribution in [0.1, 0.15) is 109 Å². The van der Waals surface area contributed by atoms with Gasteiger partial charge in [-0.25, -0.2) is 0 Å². The van der Waals surface area contributed by atoms with Crippen LogP contribution in [0.3, 0.4) is 0 Å². The van der Waals surface area contributed by atoms with Crippen molar-refractivity contribution in [2.45, 2.75) is 122 Å². The number of nitrogens with zero attached hydrogens (tertiary/aromatic N) is 1. The molecule has 6 nitrogen and oxygen atoms in total. The van der Waals surface area contributed by atoms with Crippen LogP contribution < -0.4 is 15.0 Å². The van der Waals surface area contributed by atoms with E-state index in [9.17, 15) is 9.59 Å². The molecular weight excluding hydrogens is 512 g/mol. The van der Waals surface area contributed by atoms with Crippen molar-refractivity contribution >= 4 is 17.5 Å². The third-order valence-corrected chi connectivity index (χ3v) is 9.66. The Balaban J connectivity index is 1.62. The fraction of sp³-hybridized carbons (Fsp3) is 0.657. The average Bonchev–Trinajstić information content (AvgIpc) is 3.54. The summed E-state index contributed by atoms with van der Waals surface area (Å²) in [6.07, 6.45) is 15.4. The minimum absolute atomic E-state index is 0.101. The standard InChI is InChI=1S/C35H52N2O4/c1-8-25(4)33-29-21-26(22-30(33)40-7)18-23(2)12-9-10-15-28(36-34(39)27-13-11-14-27)19-24(3)20-31-35(5,41-31)17-16-32(38)37(29)6/h9-10,12,21-22,24-25,27-28,31H,8,11,13-20H2,1-7H3,(H,36,39)/b10-9+,23-12+. The molecule has 1 aromatic rings. The predicted octanol–water partition coefficient (Wildman–Crippen LogP) is 7.26. The number of rotatable bonds is 5. The van der Waals surface area contributed by atoms with Gasteiger partial charge in [0.15, 0.2) is 0 Å². The predicted molar refractivity (Wildman–Crippen MR) is 167 cm³/mol. The molecule has 1 saturated carbocycles. The number of carbonyl (C=O) groups is 2. The summed E-state index contributed by atoms with van der Waals surface area (Å²) in [6, 6.07) is 4.41. The number of allylic oxidation sites excluding steroid dienone is 3. The molecule has 0 radical (unpaired) electrons. The maximum atomic E-state index is 13.6. The third kappa shape index (κ3) is 7.82. The van der Waals surface area contributed by atoms with E-state index >= 15 is 0 Å². The largest absolute Gasteiger partial charge is 0.496 e. The second-order valence-electron chi connectivity index (χ2n) is 13.2. The van der Waals surface area contributed by atoms with Gasteiger partial charge in [0, 0.05) is 31.0 Å². The Morgan fingerprint density at radius 3 is 2.68 bits per heavy atom. The molecule has 2 fully saturated rings. The van der Waals surface area contributed by atoms with E-state index in [0.29, 0.717) is 18.8 Å². The fourth-order valence-corrected chi connectivity index (χ4v) is 6.39. The molecule has 1 aliphatic carbocycles. The van der Waals surface area contributed by atoms with Crippen molar-refractivity contribution in [3.8, 4) is 5.75 Å². The van der Waals surface area contributed by atoms with Crippen LogP contribution in [0.25, 0.3) is 0 Å². The number of hydrogen-bond acceptors (Lipinski definition) is 4. The van der Waals surface area contributed by atoms with Crippen molar-refractivity contribution in [2.75, 3.05) is 19.1 Å². The lowest BCUT2D eigenvalue weighted by atomic mass is 9.84. The van der Waals surface area contributed by atoms with E-state index in [0.717, 1.165) is 73.9 Å². The Bertz CT molecular complexity index is 1150. The van der Waals surface area contributed by atoms with Gasteiger partial charge in [0.2, 0.25) is 11.8 Å². The van der Waals surface area contributed by atoms with Gasteiger partial charge in [-0.05, 0) is 94.7 Å². The highest BCUT2D eigenvalue weighted by Crippen LogP contribution is 2.45. The molecule has 1 aromatic carbocycles. The van der Waals surface area contributed by atoms with Crippen molar-refractivity contribution in [1.29, 1.82) is 0 Å². The molecular formula is C35H52N2O4. The van der Waals surface area contributed by atoms with E-state index in [2.05, 4.69) is 70.3 Å². The molecule has 1 N–H and O–H groups in total. The molecule has 2 aliphatic heterocycles. The highest BCUT2D eigenvalue weighted by atomic mass is 16.6. The first-order chi connectivity index (χ1) is 19.5. The summed E-state index contributed by atoms with van der Waals surface area (Å²) in [5, 5.41) is 3.36. The Kier molecular flexibility index (Phi) is 10.4. The second kappa shape index (κ2) is 13.6. The molecule has 2 heterocycles. The molecule has 5 unspecified atom stereocenters. The Morgan fingerprint density at radius 1 is 1.27 bits per heavy atom. The van der Waals surface area contributed by atoms with Gasteiger partial charge < -0.3 is 19.7 Å².